The minimum atomic E-state index is -3.20. The van der Waals surface area contributed by atoms with Gasteiger partial charge in [-0.2, -0.15) is 0 Å². The fourth-order valence-electron chi connectivity index (χ4n) is 2.07. The number of alkyl halides is 2. The molecule has 2 rings (SSSR count). The van der Waals surface area contributed by atoms with Gasteiger partial charge in [0, 0.05) is 6.42 Å². The van der Waals surface area contributed by atoms with E-state index in [1.165, 1.54) is 28.9 Å². The predicted octanol–water partition coefficient (Wildman–Crippen LogP) is 1.04. The molecule has 0 fully saturated rings. The highest BCUT2D eigenvalue weighted by atomic mass is 35.5. The number of carbonyl (C=O) groups excluding carboxylic acids is 1. The number of nitrogens with zero attached hydrogens (tertiary/aromatic N) is 4. The van der Waals surface area contributed by atoms with Crippen LogP contribution in [0.4, 0.5) is 13.2 Å². The van der Waals surface area contributed by atoms with E-state index < -0.39 is 36.8 Å². The Labute approximate surface area is 148 Å². The summed E-state index contributed by atoms with van der Waals surface area (Å²) in [6.07, 6.45) is 0.117. The van der Waals surface area contributed by atoms with E-state index in [2.05, 4.69) is 20.8 Å². The van der Waals surface area contributed by atoms with Gasteiger partial charge in [0.25, 0.3) is 5.92 Å². The average Bonchev–Trinajstić information content (AvgIpc) is 2.98. The number of hydrogen-bond donors (Lipinski definition) is 2. The number of carbonyl (C=O) groups is 1. The molecule has 0 spiro atoms. The van der Waals surface area contributed by atoms with Gasteiger partial charge in [0.1, 0.15) is 17.7 Å². The second kappa shape index (κ2) is 8.77. The van der Waals surface area contributed by atoms with Crippen molar-refractivity contribution in [2.75, 3.05) is 13.1 Å². The van der Waals surface area contributed by atoms with Crippen LogP contribution in [0, 0.1) is 12.7 Å². The van der Waals surface area contributed by atoms with Crippen molar-refractivity contribution < 1.29 is 18.0 Å². The molecule has 0 bridgehead atoms. The highest BCUT2D eigenvalue weighted by Gasteiger charge is 2.30. The van der Waals surface area contributed by atoms with E-state index in [1.54, 1.807) is 6.92 Å². The number of hydrogen-bond acceptors (Lipinski definition) is 5. The third-order valence-electron chi connectivity index (χ3n) is 3.42. The number of tetrazole rings is 1. The summed E-state index contributed by atoms with van der Waals surface area (Å²) in [5, 5.41) is 13.0. The van der Waals surface area contributed by atoms with Crippen LogP contribution < -0.4 is 11.1 Å². The second-order valence-electron chi connectivity index (χ2n) is 5.29. The topological polar surface area (TPSA) is 98.7 Å². The van der Waals surface area contributed by atoms with Crippen molar-refractivity contribution in [3.8, 4) is 0 Å². The van der Waals surface area contributed by atoms with Crippen LogP contribution in [0.25, 0.3) is 0 Å². The van der Waals surface area contributed by atoms with E-state index in [0.29, 0.717) is 11.4 Å². The summed E-state index contributed by atoms with van der Waals surface area (Å²) >= 11 is 0. The zero-order chi connectivity index (χ0) is 17.7. The van der Waals surface area contributed by atoms with Crippen LogP contribution in [-0.4, -0.2) is 45.1 Å². The van der Waals surface area contributed by atoms with Gasteiger partial charge in [0.05, 0.1) is 13.1 Å². The lowest BCUT2D eigenvalue weighted by molar-refractivity contribution is -0.126. The van der Waals surface area contributed by atoms with Gasteiger partial charge in [-0.25, -0.2) is 17.9 Å². The third kappa shape index (κ3) is 5.68. The number of aromatic nitrogens is 4. The van der Waals surface area contributed by atoms with Crippen LogP contribution in [0.2, 0.25) is 0 Å². The van der Waals surface area contributed by atoms with E-state index in [9.17, 15) is 18.0 Å². The molecule has 138 valence electrons. The van der Waals surface area contributed by atoms with Crippen molar-refractivity contribution in [1.29, 1.82) is 0 Å². The molecule has 7 nitrogen and oxygen atoms in total. The minimum absolute atomic E-state index is 0. The lowest BCUT2D eigenvalue weighted by Gasteiger charge is -2.20. The molecule has 0 aliphatic carbocycles. The molecule has 3 N–H and O–H groups in total. The van der Waals surface area contributed by atoms with Crippen LogP contribution in [0.1, 0.15) is 17.4 Å². The maximum atomic E-state index is 13.2. The van der Waals surface area contributed by atoms with Crippen molar-refractivity contribution in [2.24, 2.45) is 5.73 Å². The summed E-state index contributed by atoms with van der Waals surface area (Å²) in [6.45, 7) is -0.178. The molecule has 0 radical (unpaired) electrons. The van der Waals surface area contributed by atoms with Crippen molar-refractivity contribution in [2.45, 2.75) is 25.3 Å². The Morgan fingerprint density at radius 3 is 2.52 bits per heavy atom. The second-order valence-corrected chi connectivity index (χ2v) is 5.29. The highest BCUT2D eigenvalue weighted by Crippen LogP contribution is 2.17. The first-order chi connectivity index (χ1) is 11.3. The van der Waals surface area contributed by atoms with Gasteiger partial charge < -0.3 is 11.1 Å². The molecule has 25 heavy (non-hydrogen) atoms. The SMILES string of the molecule is Cc1nnnn1C(Cc1ccc(F)cc1)C(=O)NCC(F)(F)CN.Cl. The normalized spacial score (nSPS) is 12.4. The lowest BCUT2D eigenvalue weighted by atomic mass is 10.0. The van der Waals surface area contributed by atoms with E-state index >= 15 is 0 Å². The van der Waals surface area contributed by atoms with E-state index in [1.807, 2.05) is 0 Å². The van der Waals surface area contributed by atoms with E-state index in [4.69, 9.17) is 5.73 Å². The van der Waals surface area contributed by atoms with E-state index in [-0.39, 0.29) is 18.8 Å². The molecule has 0 aliphatic rings. The van der Waals surface area contributed by atoms with Gasteiger partial charge in [-0.05, 0) is 35.0 Å². The molecular weight excluding hydrogens is 361 g/mol. The van der Waals surface area contributed by atoms with E-state index in [0.717, 1.165) is 0 Å². The van der Waals surface area contributed by atoms with Gasteiger partial charge in [0.15, 0.2) is 0 Å². The molecule has 1 unspecified atom stereocenters. The third-order valence-corrected chi connectivity index (χ3v) is 3.42. The van der Waals surface area contributed by atoms with Crippen molar-refractivity contribution in [3.63, 3.8) is 0 Å². The Morgan fingerprint density at radius 2 is 2.00 bits per heavy atom. The first-order valence-corrected chi connectivity index (χ1v) is 7.17. The zero-order valence-corrected chi connectivity index (χ0v) is 14.1. The number of halogens is 4. The molecule has 1 amide bonds. The zero-order valence-electron chi connectivity index (χ0n) is 13.3. The molecular formula is C14H18ClF3N6O. The number of aryl methyl sites for hydroxylation is 1. The molecule has 0 saturated heterocycles. The molecule has 1 atom stereocenters. The van der Waals surface area contributed by atoms with Crippen molar-refractivity contribution in [1.82, 2.24) is 25.5 Å². The largest absolute Gasteiger partial charge is 0.348 e. The molecule has 1 aromatic carbocycles. The Morgan fingerprint density at radius 1 is 1.36 bits per heavy atom. The van der Waals surface area contributed by atoms with Crippen LogP contribution in [0.5, 0.6) is 0 Å². The van der Waals surface area contributed by atoms with Gasteiger partial charge >= 0.3 is 0 Å². The number of nitrogens with two attached hydrogens (primary N) is 1. The molecule has 11 heteroatoms. The predicted molar refractivity (Wildman–Crippen MR) is 86.0 cm³/mol. The summed E-state index contributed by atoms with van der Waals surface area (Å²) in [5.41, 5.74) is 5.59. The summed E-state index contributed by atoms with van der Waals surface area (Å²) in [7, 11) is 0. The van der Waals surface area contributed by atoms with Crippen LogP contribution in [0.3, 0.4) is 0 Å². The van der Waals surface area contributed by atoms with Crippen molar-refractivity contribution in [3.05, 3.63) is 41.5 Å². The van der Waals surface area contributed by atoms with Gasteiger partial charge in [0.2, 0.25) is 5.91 Å². The fourth-order valence-corrected chi connectivity index (χ4v) is 2.07. The quantitative estimate of drug-likeness (QED) is 0.750. The molecule has 0 aliphatic heterocycles. The first-order valence-electron chi connectivity index (χ1n) is 7.17. The Balaban J connectivity index is 0.00000312. The number of amides is 1. The Bertz CT molecular complexity index is 694. The smallest absolute Gasteiger partial charge is 0.277 e. The Hall–Kier alpha value is -2.20. The molecule has 1 heterocycles. The number of benzene rings is 1. The molecule has 2 aromatic rings. The number of nitrogens with one attached hydrogen (secondary N) is 1. The van der Waals surface area contributed by atoms with Crippen LogP contribution in [-0.2, 0) is 11.2 Å². The maximum absolute atomic E-state index is 13.2. The fraction of sp³-hybridized carbons (Fsp3) is 0.429. The summed E-state index contributed by atoms with van der Waals surface area (Å²) in [5.74, 6) is -3.95. The monoisotopic (exact) mass is 378 g/mol. The molecule has 0 saturated carbocycles. The highest BCUT2D eigenvalue weighted by molar-refractivity contribution is 5.85. The first kappa shape index (κ1) is 20.8. The number of rotatable bonds is 7. The Kier molecular flexibility index (Phi) is 7.31. The van der Waals surface area contributed by atoms with Gasteiger partial charge in [-0.15, -0.1) is 17.5 Å². The maximum Gasteiger partial charge on any atom is 0.277 e. The average molecular weight is 379 g/mol. The van der Waals surface area contributed by atoms with Gasteiger partial charge in [-0.1, -0.05) is 12.1 Å². The molecule has 1 aromatic heterocycles. The van der Waals surface area contributed by atoms with Crippen LogP contribution in [0.15, 0.2) is 24.3 Å². The minimum Gasteiger partial charge on any atom is -0.348 e. The standard InChI is InChI=1S/C14H17F3N6O.ClH/c1-9-20-21-22-23(9)12(6-10-2-4-11(15)5-3-10)13(24)19-8-14(16,17)7-18;/h2-5,12H,6-8,18H2,1H3,(H,19,24);1H. The van der Waals surface area contributed by atoms with Gasteiger partial charge in [-0.3, -0.25) is 4.79 Å². The lowest BCUT2D eigenvalue weighted by Crippen LogP contribution is -2.44. The van der Waals surface area contributed by atoms with Crippen molar-refractivity contribution >= 4 is 18.3 Å². The summed E-state index contributed by atoms with van der Waals surface area (Å²) < 4.78 is 40.7. The van der Waals surface area contributed by atoms with Crippen LogP contribution >= 0.6 is 12.4 Å². The summed E-state index contributed by atoms with van der Waals surface area (Å²) in [6, 6.07) is 4.56. The summed E-state index contributed by atoms with van der Waals surface area (Å²) in [4.78, 5) is 12.4.